The van der Waals surface area contributed by atoms with Crippen molar-refractivity contribution < 1.29 is 13.3 Å². The van der Waals surface area contributed by atoms with E-state index in [9.17, 15) is 0 Å². The van der Waals surface area contributed by atoms with Gasteiger partial charge in [0.1, 0.15) is 33.3 Å². The molecule has 0 saturated heterocycles. The number of hydrogen-bond acceptors (Lipinski definition) is 9. The zero-order valence-electron chi connectivity index (χ0n) is 23.3. The second-order valence-electron chi connectivity index (χ2n) is 10.7. The highest BCUT2D eigenvalue weighted by Crippen LogP contribution is 2.38. The lowest BCUT2D eigenvalue weighted by atomic mass is 10.1. The number of hydrogen-bond donors (Lipinski definition) is 0. The van der Waals surface area contributed by atoms with Gasteiger partial charge in [0.2, 0.25) is 0 Å². The van der Waals surface area contributed by atoms with E-state index in [4.69, 9.17) is 28.2 Å². The van der Waals surface area contributed by atoms with Gasteiger partial charge in [-0.25, -0.2) is 15.0 Å². The first-order valence-electron chi connectivity index (χ1n) is 14.4. The molecule has 0 bridgehead atoms. The van der Waals surface area contributed by atoms with Crippen LogP contribution in [0, 0.1) is 0 Å². The third-order valence-corrected chi connectivity index (χ3v) is 8.13. The summed E-state index contributed by atoms with van der Waals surface area (Å²) in [7, 11) is 0. The van der Waals surface area contributed by atoms with Crippen molar-refractivity contribution in [2.24, 2.45) is 0 Å². The quantitative estimate of drug-likeness (QED) is 0.201. The Hall–Kier alpha value is -6.48. The Bertz CT molecular complexity index is 2480. The van der Waals surface area contributed by atoms with E-state index in [2.05, 4.69) is 15.0 Å². The highest BCUT2D eigenvalue weighted by atomic mass is 16.3. The van der Waals surface area contributed by atoms with E-state index in [1.165, 1.54) is 0 Å². The molecule has 45 heavy (non-hydrogen) atoms. The minimum atomic E-state index is 0.420. The van der Waals surface area contributed by atoms with Crippen LogP contribution >= 0.6 is 0 Å². The predicted octanol–water partition coefficient (Wildman–Crippen LogP) is 8.76. The zero-order valence-corrected chi connectivity index (χ0v) is 23.3. The number of nitrogens with zero attached hydrogens (tertiary/aromatic N) is 6. The molecular formula is C36H18N6O3. The van der Waals surface area contributed by atoms with E-state index in [1.54, 1.807) is 18.6 Å². The van der Waals surface area contributed by atoms with Gasteiger partial charge in [-0.05, 0) is 54.6 Å². The summed E-state index contributed by atoms with van der Waals surface area (Å²) in [6, 6.07) is 29.1. The number of rotatable bonds is 3. The summed E-state index contributed by atoms with van der Waals surface area (Å²) in [4.78, 5) is 29.0. The second kappa shape index (κ2) is 9.01. The lowest BCUT2D eigenvalue weighted by Crippen LogP contribution is -2.01. The van der Waals surface area contributed by atoms with Crippen LogP contribution in [0.1, 0.15) is 0 Å². The van der Waals surface area contributed by atoms with Gasteiger partial charge >= 0.3 is 0 Å². The van der Waals surface area contributed by atoms with Crippen LogP contribution in [-0.4, -0.2) is 29.9 Å². The molecule has 0 amide bonds. The van der Waals surface area contributed by atoms with Crippen molar-refractivity contribution >= 4 is 66.2 Å². The summed E-state index contributed by atoms with van der Waals surface area (Å²) in [5.74, 6) is 1.26. The van der Waals surface area contributed by atoms with Crippen LogP contribution in [0.15, 0.2) is 123 Å². The molecule has 0 spiro atoms. The molecule has 0 atom stereocenters. The maximum atomic E-state index is 6.33. The largest absolute Gasteiger partial charge is 0.454 e. The Morgan fingerprint density at radius 3 is 1.00 bits per heavy atom. The first-order chi connectivity index (χ1) is 22.3. The molecule has 7 heterocycles. The summed E-state index contributed by atoms with van der Waals surface area (Å²) in [5.41, 5.74) is 8.24. The van der Waals surface area contributed by atoms with Crippen LogP contribution in [0.25, 0.3) is 100 Å². The van der Waals surface area contributed by atoms with Crippen LogP contribution < -0.4 is 0 Å². The molecule has 0 fully saturated rings. The lowest BCUT2D eigenvalue weighted by Gasteiger charge is -2.09. The maximum absolute atomic E-state index is 6.33. The molecule has 0 unspecified atom stereocenters. The van der Waals surface area contributed by atoms with Crippen molar-refractivity contribution in [3.63, 3.8) is 0 Å². The third-order valence-electron chi connectivity index (χ3n) is 8.13. The van der Waals surface area contributed by atoms with Gasteiger partial charge in [0.25, 0.3) is 0 Å². The van der Waals surface area contributed by atoms with E-state index < -0.39 is 0 Å². The highest BCUT2D eigenvalue weighted by molar-refractivity contribution is 6.09. The van der Waals surface area contributed by atoms with E-state index in [1.807, 2.05) is 91.0 Å². The summed E-state index contributed by atoms with van der Waals surface area (Å²) in [6.07, 6.45) is 5.24. The molecular weight excluding hydrogens is 564 g/mol. The Balaban J connectivity index is 1.29. The molecule has 0 saturated carbocycles. The molecule has 0 radical (unpaired) electrons. The van der Waals surface area contributed by atoms with Gasteiger partial charge in [0, 0.05) is 34.7 Å². The number of pyridine rings is 3. The summed E-state index contributed by atoms with van der Waals surface area (Å²) < 4.78 is 19.0. The minimum Gasteiger partial charge on any atom is -0.454 e. The van der Waals surface area contributed by atoms with Crippen LogP contribution in [0.3, 0.4) is 0 Å². The van der Waals surface area contributed by atoms with Crippen LogP contribution in [-0.2, 0) is 0 Å². The molecule has 0 aliphatic rings. The fourth-order valence-corrected chi connectivity index (χ4v) is 6.08. The van der Waals surface area contributed by atoms with E-state index in [0.717, 1.165) is 49.5 Å². The van der Waals surface area contributed by atoms with Gasteiger partial charge < -0.3 is 13.3 Å². The number of para-hydroxylation sites is 3. The standard InChI is InChI=1S/C36H18N6O3/c1-4-10-25-19(7-1)28-31(43-25)22(13-16-37-28)34-40-35(23-14-17-38-29-20-8-2-5-11-26(20)44-32(23)29)42-36(41-34)24-15-18-39-30-21-9-3-6-12-27(21)45-33(24)30/h1-18H. The van der Waals surface area contributed by atoms with Crippen molar-refractivity contribution in [1.82, 2.24) is 29.9 Å². The maximum Gasteiger partial charge on any atom is 0.167 e. The van der Waals surface area contributed by atoms with Gasteiger partial charge in [0.05, 0.1) is 16.7 Å². The van der Waals surface area contributed by atoms with E-state index >= 15 is 0 Å². The highest BCUT2D eigenvalue weighted by Gasteiger charge is 2.23. The lowest BCUT2D eigenvalue weighted by molar-refractivity contribution is 0.668. The Morgan fingerprint density at radius 2 is 0.667 bits per heavy atom. The van der Waals surface area contributed by atoms with Gasteiger partial charge in [0.15, 0.2) is 34.2 Å². The van der Waals surface area contributed by atoms with Crippen molar-refractivity contribution in [3.8, 4) is 34.2 Å². The van der Waals surface area contributed by atoms with Gasteiger partial charge in [-0.15, -0.1) is 0 Å². The van der Waals surface area contributed by atoms with Crippen molar-refractivity contribution in [2.45, 2.75) is 0 Å². The van der Waals surface area contributed by atoms with Gasteiger partial charge in [-0.2, -0.15) is 0 Å². The fraction of sp³-hybridized carbons (Fsp3) is 0. The second-order valence-corrected chi connectivity index (χ2v) is 10.7. The fourth-order valence-electron chi connectivity index (χ4n) is 6.08. The van der Waals surface area contributed by atoms with Gasteiger partial charge in [-0.1, -0.05) is 36.4 Å². The Kier molecular flexibility index (Phi) is 4.81. The molecule has 0 aliphatic heterocycles. The van der Waals surface area contributed by atoms with Crippen LogP contribution in [0.5, 0.6) is 0 Å². The SMILES string of the molecule is c1ccc2c(c1)oc1c(-c3nc(-c4ccnc5c4oc4ccccc45)nc(-c4ccnc5c4oc4ccccc45)n3)ccnc12. The van der Waals surface area contributed by atoms with E-state index in [0.29, 0.717) is 50.9 Å². The minimum absolute atomic E-state index is 0.420. The van der Waals surface area contributed by atoms with Crippen molar-refractivity contribution in [1.29, 1.82) is 0 Å². The van der Waals surface area contributed by atoms with Crippen LogP contribution in [0.2, 0.25) is 0 Å². The predicted molar refractivity (Wildman–Crippen MR) is 171 cm³/mol. The third kappa shape index (κ3) is 3.49. The van der Waals surface area contributed by atoms with Crippen molar-refractivity contribution in [3.05, 3.63) is 110 Å². The Labute approximate surface area is 252 Å². The molecule has 9 nitrogen and oxygen atoms in total. The van der Waals surface area contributed by atoms with Gasteiger partial charge in [-0.3, -0.25) is 15.0 Å². The molecule has 3 aromatic carbocycles. The molecule has 0 aliphatic carbocycles. The molecule has 9 heteroatoms. The molecule has 7 aromatic heterocycles. The average molecular weight is 583 g/mol. The normalized spacial score (nSPS) is 12.0. The monoisotopic (exact) mass is 582 g/mol. The molecule has 0 N–H and O–H groups in total. The zero-order chi connectivity index (χ0) is 29.5. The number of furan rings is 3. The average Bonchev–Trinajstić information content (AvgIpc) is 3.79. The number of aromatic nitrogens is 6. The summed E-state index contributed by atoms with van der Waals surface area (Å²) in [5, 5.41) is 2.75. The first-order valence-corrected chi connectivity index (χ1v) is 14.4. The summed E-state index contributed by atoms with van der Waals surface area (Å²) in [6.45, 7) is 0. The molecule has 10 rings (SSSR count). The number of fused-ring (bicyclic) bond motifs is 9. The summed E-state index contributed by atoms with van der Waals surface area (Å²) >= 11 is 0. The van der Waals surface area contributed by atoms with Crippen LogP contribution in [0.4, 0.5) is 0 Å². The smallest absolute Gasteiger partial charge is 0.167 e. The number of benzene rings is 3. The topological polar surface area (TPSA) is 117 Å². The Morgan fingerprint density at radius 1 is 0.356 bits per heavy atom. The molecule has 210 valence electrons. The van der Waals surface area contributed by atoms with E-state index in [-0.39, 0.29) is 0 Å². The molecule has 10 aromatic rings. The van der Waals surface area contributed by atoms with Crippen molar-refractivity contribution in [2.75, 3.05) is 0 Å². The first kappa shape index (κ1) is 24.0.